The molecule has 1 fully saturated rings. The van der Waals surface area contributed by atoms with Gasteiger partial charge in [0.15, 0.2) is 8.52 Å². The van der Waals surface area contributed by atoms with Crippen LogP contribution in [0.3, 0.4) is 0 Å². The molecule has 2 atom stereocenters. The van der Waals surface area contributed by atoms with E-state index in [4.69, 9.17) is 9.26 Å². The molecule has 2 heterocycles. The van der Waals surface area contributed by atoms with E-state index in [0.717, 1.165) is 23.7 Å². The number of nitrogens with zero attached hydrogens (tertiary/aromatic N) is 2. The lowest BCUT2D eigenvalue weighted by molar-refractivity contribution is 0.283. The Morgan fingerprint density at radius 1 is 1.82 bits per heavy atom. The van der Waals surface area contributed by atoms with Gasteiger partial charge in [0.1, 0.15) is 14.6 Å². The highest BCUT2D eigenvalue weighted by Crippen LogP contribution is 2.44. The van der Waals surface area contributed by atoms with Crippen LogP contribution in [0.25, 0.3) is 0 Å². The van der Waals surface area contributed by atoms with Gasteiger partial charge in [0, 0.05) is 0 Å². The van der Waals surface area contributed by atoms with Crippen LogP contribution in [0.2, 0.25) is 0 Å². The lowest BCUT2D eigenvalue weighted by Gasteiger charge is -2.09. The van der Waals surface area contributed by atoms with E-state index in [2.05, 4.69) is 13.9 Å². The molecular weight excluding hydrogens is 203 g/mol. The van der Waals surface area contributed by atoms with Crippen molar-refractivity contribution in [1.29, 1.82) is 0 Å². The van der Waals surface area contributed by atoms with Crippen LogP contribution in [0.15, 0.2) is 9.03 Å². The maximum Gasteiger partial charge on any atom is 0.250 e. The standard InChI is InChI=1S/C3H6N3O2P3/c1-3(7-1)2-8-11-5-9-4-10-6-11/h3H,1-2H2,(H,4,5,6). The summed E-state index contributed by atoms with van der Waals surface area (Å²) in [5.41, 5.74) is 0. The number of rotatable bonds is 3. The zero-order valence-electron chi connectivity index (χ0n) is 5.54. The molecule has 2 aliphatic rings. The minimum atomic E-state index is -0.788. The summed E-state index contributed by atoms with van der Waals surface area (Å²) >= 11 is 0. The zero-order chi connectivity index (χ0) is 7.52. The van der Waals surface area contributed by atoms with Gasteiger partial charge in [0.25, 0.3) is 0 Å². The molecule has 2 unspecified atom stereocenters. The van der Waals surface area contributed by atoms with Gasteiger partial charge in [0.05, 0.1) is 13.2 Å². The molecule has 2 rings (SSSR count). The third-order valence-electron chi connectivity index (χ3n) is 1.12. The van der Waals surface area contributed by atoms with Gasteiger partial charge in [-0.15, -0.1) is 0 Å². The Hall–Kier alpha value is 0.510. The van der Waals surface area contributed by atoms with Crippen LogP contribution in [-0.2, 0) is 9.26 Å². The van der Waals surface area contributed by atoms with Crippen LogP contribution in [0.4, 0.5) is 0 Å². The van der Waals surface area contributed by atoms with E-state index in [1.807, 2.05) is 0 Å². The summed E-state index contributed by atoms with van der Waals surface area (Å²) in [5, 5.41) is 0. The molecular formula is C3H6N3O2P3. The quantitative estimate of drug-likeness (QED) is 0.573. The molecule has 5 nitrogen and oxygen atoms in total. The first kappa shape index (κ1) is 8.12. The topological polar surface area (TPSA) is 58.5 Å². The van der Waals surface area contributed by atoms with Gasteiger partial charge < -0.3 is 9.26 Å². The summed E-state index contributed by atoms with van der Waals surface area (Å²) < 4.78 is 18.4. The van der Waals surface area contributed by atoms with Crippen molar-refractivity contribution in [3.8, 4) is 0 Å². The highest BCUT2D eigenvalue weighted by molar-refractivity contribution is 7.63. The van der Waals surface area contributed by atoms with E-state index in [0.29, 0.717) is 12.7 Å². The van der Waals surface area contributed by atoms with Crippen molar-refractivity contribution in [1.82, 2.24) is 4.86 Å². The Bertz CT molecular complexity index is 194. The number of ether oxygens (including phenoxy) is 1. The predicted octanol–water partition coefficient (Wildman–Crippen LogP) is 2.32. The molecule has 1 N–H and O–H groups in total. The maximum atomic E-state index is 5.40. The summed E-state index contributed by atoms with van der Waals surface area (Å²) in [4.78, 5) is 3.02. The van der Waals surface area contributed by atoms with Crippen molar-refractivity contribution in [3.63, 3.8) is 0 Å². The first-order valence-corrected chi connectivity index (χ1v) is 5.92. The monoisotopic (exact) mass is 209 g/mol. The molecule has 0 spiro atoms. The zero-order valence-corrected chi connectivity index (χ0v) is 8.23. The van der Waals surface area contributed by atoms with Gasteiger partial charge in [-0.25, -0.2) is 0 Å². The van der Waals surface area contributed by atoms with E-state index >= 15 is 0 Å². The second-order valence-electron chi connectivity index (χ2n) is 1.99. The molecule has 0 aliphatic carbocycles. The first-order chi connectivity index (χ1) is 5.45. The van der Waals surface area contributed by atoms with E-state index in [9.17, 15) is 0 Å². The number of hydrogen-bond acceptors (Lipinski definition) is 5. The van der Waals surface area contributed by atoms with Gasteiger partial charge in [-0.1, -0.05) is 0 Å². The molecule has 0 aromatic carbocycles. The molecule has 2 aliphatic heterocycles. The fourth-order valence-corrected chi connectivity index (χ4v) is 3.53. The smallest absolute Gasteiger partial charge is 0.250 e. The molecule has 11 heavy (non-hydrogen) atoms. The summed E-state index contributed by atoms with van der Waals surface area (Å²) in [6.07, 6.45) is 0.321. The Morgan fingerprint density at radius 3 is 3.36 bits per heavy atom. The summed E-state index contributed by atoms with van der Waals surface area (Å²) in [7, 11) is 0.863. The third kappa shape index (κ3) is 2.79. The fraction of sp³-hybridized carbons (Fsp3) is 1.00. The lowest BCUT2D eigenvalue weighted by Crippen LogP contribution is -2.00. The van der Waals surface area contributed by atoms with Crippen LogP contribution in [0, 0.1) is 0 Å². The average molecular weight is 209 g/mol. The highest BCUT2D eigenvalue weighted by Gasteiger charge is 2.24. The van der Waals surface area contributed by atoms with Gasteiger partial charge >= 0.3 is 0 Å². The third-order valence-corrected chi connectivity index (χ3v) is 4.20. The van der Waals surface area contributed by atoms with Crippen LogP contribution in [0.5, 0.6) is 0 Å². The Kier molecular flexibility index (Phi) is 2.92. The van der Waals surface area contributed by atoms with Gasteiger partial charge in [-0.05, 0) is 0 Å². The second-order valence-corrected chi connectivity index (χ2v) is 5.41. The molecule has 8 heteroatoms. The minimum Gasteiger partial charge on any atom is -0.371 e. The molecule has 0 radical (unpaired) electrons. The number of epoxide rings is 1. The molecule has 1 saturated heterocycles. The van der Waals surface area contributed by atoms with Crippen molar-refractivity contribution >= 4 is 25.5 Å². The number of nitrogens with one attached hydrogen (secondary N) is 1. The Morgan fingerprint density at radius 2 is 2.73 bits per heavy atom. The molecule has 0 aromatic heterocycles. The minimum absolute atomic E-state index is 0.321. The van der Waals surface area contributed by atoms with E-state index in [-0.39, 0.29) is 0 Å². The van der Waals surface area contributed by atoms with Crippen molar-refractivity contribution in [2.45, 2.75) is 6.10 Å². The highest BCUT2D eigenvalue weighted by atomic mass is 31.2. The van der Waals surface area contributed by atoms with Crippen molar-refractivity contribution in [3.05, 3.63) is 0 Å². The summed E-state index contributed by atoms with van der Waals surface area (Å²) in [6.45, 7) is 1.50. The van der Waals surface area contributed by atoms with Gasteiger partial charge in [-0.3, -0.25) is 0 Å². The fourth-order valence-electron chi connectivity index (χ4n) is 0.525. The van der Waals surface area contributed by atoms with Crippen LogP contribution >= 0.6 is 25.5 Å². The maximum absolute atomic E-state index is 5.40. The Balaban J connectivity index is 1.69. The average Bonchev–Trinajstić information content (AvgIpc) is 2.86. The van der Waals surface area contributed by atoms with Crippen molar-refractivity contribution < 1.29 is 9.26 Å². The Labute approximate surface area is 68.7 Å². The van der Waals surface area contributed by atoms with E-state index < -0.39 is 8.45 Å². The molecule has 0 aromatic rings. The molecule has 0 amide bonds. The SMILES string of the molecule is C1OC1COP1N=PN=PN1. The van der Waals surface area contributed by atoms with Crippen molar-refractivity contribution in [2.75, 3.05) is 13.2 Å². The van der Waals surface area contributed by atoms with Crippen LogP contribution < -0.4 is 4.86 Å². The first-order valence-electron chi connectivity index (χ1n) is 3.06. The lowest BCUT2D eigenvalue weighted by atomic mass is 10.5. The molecule has 0 saturated carbocycles. The van der Waals surface area contributed by atoms with Gasteiger partial charge in [-0.2, -0.15) is 13.9 Å². The van der Waals surface area contributed by atoms with Gasteiger partial charge in [0.2, 0.25) is 8.45 Å². The molecule has 60 valence electrons. The normalized spacial score (nSPS) is 37.1. The largest absolute Gasteiger partial charge is 0.371 e. The number of hydrogen-bond donors (Lipinski definition) is 1. The second kappa shape index (κ2) is 3.95. The van der Waals surface area contributed by atoms with Crippen LogP contribution in [0.1, 0.15) is 0 Å². The predicted molar refractivity (Wildman–Crippen MR) is 44.4 cm³/mol. The summed E-state index contributed by atoms with van der Waals surface area (Å²) in [5.74, 6) is 0. The summed E-state index contributed by atoms with van der Waals surface area (Å²) in [6, 6.07) is 0. The van der Waals surface area contributed by atoms with E-state index in [1.54, 1.807) is 0 Å². The molecule has 0 bridgehead atoms. The van der Waals surface area contributed by atoms with Crippen LogP contribution in [-0.4, -0.2) is 19.3 Å². The van der Waals surface area contributed by atoms with Crippen molar-refractivity contribution in [2.24, 2.45) is 9.03 Å². The van der Waals surface area contributed by atoms with E-state index in [1.165, 1.54) is 0 Å².